The Hall–Kier alpha value is -2.74. The van der Waals surface area contributed by atoms with Crippen molar-refractivity contribution < 1.29 is 22.1 Å². The molecule has 146 valence electrons. The second-order valence-electron chi connectivity index (χ2n) is 6.29. The number of hydrogen-bond donors (Lipinski definition) is 1. The van der Waals surface area contributed by atoms with Gasteiger partial charge in [0.15, 0.2) is 0 Å². The number of nitrogens with zero attached hydrogens (tertiary/aromatic N) is 1. The molecule has 2 amide bonds. The predicted molar refractivity (Wildman–Crippen MR) is 105 cm³/mol. The van der Waals surface area contributed by atoms with E-state index >= 15 is 0 Å². The largest absolute Gasteiger partial charge is 0.495 e. The quantitative estimate of drug-likeness (QED) is 0.729. The first-order chi connectivity index (χ1) is 12.7. The van der Waals surface area contributed by atoms with Crippen LogP contribution in [0.25, 0.3) is 0 Å². The molecule has 7 nitrogen and oxygen atoms in total. The van der Waals surface area contributed by atoms with Crippen molar-refractivity contribution in [2.75, 3.05) is 18.7 Å². The minimum Gasteiger partial charge on any atom is -0.495 e. The van der Waals surface area contributed by atoms with Crippen LogP contribution in [0.4, 0.5) is 10.5 Å². The van der Waals surface area contributed by atoms with E-state index in [9.17, 15) is 13.2 Å². The number of benzene rings is 2. The predicted octanol–water partition coefficient (Wildman–Crippen LogP) is 3.48. The van der Waals surface area contributed by atoms with E-state index in [0.717, 1.165) is 11.8 Å². The van der Waals surface area contributed by atoms with Gasteiger partial charge in [-0.05, 0) is 43.7 Å². The summed E-state index contributed by atoms with van der Waals surface area (Å²) in [6, 6.07) is 13.4. The van der Waals surface area contributed by atoms with Gasteiger partial charge in [0.05, 0.1) is 19.1 Å². The molecule has 0 atom stereocenters. The molecule has 0 aromatic heterocycles. The highest BCUT2D eigenvalue weighted by Gasteiger charge is 2.19. The Kier molecular flexibility index (Phi) is 6.68. The summed E-state index contributed by atoms with van der Waals surface area (Å²) in [5.41, 5.74) is 1.32. The molecular weight excluding hydrogens is 368 g/mol. The van der Waals surface area contributed by atoms with Crippen molar-refractivity contribution in [1.82, 2.24) is 4.90 Å². The molecule has 0 heterocycles. The molecule has 1 N–H and O–H groups in total. The summed E-state index contributed by atoms with van der Waals surface area (Å²) in [6.45, 7) is 4.09. The summed E-state index contributed by atoms with van der Waals surface area (Å²) < 4.78 is 32.8. The Labute approximate surface area is 160 Å². The number of nitrogens with one attached hydrogen (secondary N) is 1. The molecule has 0 spiro atoms. The third-order valence-corrected chi connectivity index (χ3v) is 4.23. The van der Waals surface area contributed by atoms with Gasteiger partial charge in [-0.15, -0.1) is 0 Å². The molecule has 27 heavy (non-hydrogen) atoms. The molecule has 0 aliphatic heterocycles. The van der Waals surface area contributed by atoms with Crippen LogP contribution in [0.1, 0.15) is 19.4 Å². The zero-order valence-electron chi connectivity index (χ0n) is 15.8. The van der Waals surface area contributed by atoms with E-state index in [2.05, 4.69) is 5.32 Å². The number of amides is 2. The molecule has 0 aliphatic carbocycles. The fraction of sp³-hybridized carbons (Fsp3) is 0.316. The van der Waals surface area contributed by atoms with E-state index in [1.54, 1.807) is 48.4 Å². The Bertz CT molecular complexity index is 896. The molecule has 0 radical (unpaired) electrons. The number of para-hydroxylation sites is 2. The highest BCUT2D eigenvalue weighted by atomic mass is 32.2. The minimum absolute atomic E-state index is 0.0841. The summed E-state index contributed by atoms with van der Waals surface area (Å²) in [7, 11) is -2.07. The molecule has 0 saturated carbocycles. The summed E-state index contributed by atoms with van der Waals surface area (Å²) in [4.78, 5) is 14.4. The lowest BCUT2D eigenvalue weighted by Gasteiger charge is -2.27. The van der Waals surface area contributed by atoms with E-state index in [1.807, 2.05) is 26.0 Å². The Morgan fingerprint density at radius 2 is 1.85 bits per heavy atom. The van der Waals surface area contributed by atoms with Gasteiger partial charge in [0.2, 0.25) is 0 Å². The molecule has 2 rings (SSSR count). The summed E-state index contributed by atoms with van der Waals surface area (Å²) in [5, 5.41) is 2.85. The lowest BCUT2D eigenvalue weighted by molar-refractivity contribution is 0.193. The van der Waals surface area contributed by atoms with Crippen LogP contribution in [0.2, 0.25) is 0 Å². The van der Waals surface area contributed by atoms with Crippen molar-refractivity contribution >= 4 is 21.8 Å². The van der Waals surface area contributed by atoms with Gasteiger partial charge in [-0.25, -0.2) is 4.79 Å². The average molecular weight is 392 g/mol. The van der Waals surface area contributed by atoms with Crippen molar-refractivity contribution in [3.8, 4) is 11.5 Å². The standard InChI is InChI=1S/C19H24N2O5S/c1-14(2)21(19(22)20-17-10-5-6-11-18(17)25-3)13-15-8-7-9-16(12-15)26-27(4,23)24/h5-12,14H,13H2,1-4H3,(H,20,22). The van der Waals surface area contributed by atoms with Crippen molar-refractivity contribution in [2.24, 2.45) is 0 Å². The first-order valence-electron chi connectivity index (χ1n) is 8.38. The normalized spacial score (nSPS) is 11.1. The van der Waals surface area contributed by atoms with Crippen LogP contribution in [-0.4, -0.2) is 38.8 Å². The Morgan fingerprint density at radius 1 is 1.15 bits per heavy atom. The van der Waals surface area contributed by atoms with Gasteiger partial charge >= 0.3 is 16.1 Å². The van der Waals surface area contributed by atoms with Crippen LogP contribution in [0.5, 0.6) is 11.5 Å². The summed E-state index contributed by atoms with van der Waals surface area (Å²) in [6.07, 6.45) is 0.987. The molecule has 0 aliphatic rings. The van der Waals surface area contributed by atoms with Crippen LogP contribution >= 0.6 is 0 Å². The van der Waals surface area contributed by atoms with Gasteiger partial charge in [0, 0.05) is 12.6 Å². The molecule has 0 unspecified atom stereocenters. The maximum atomic E-state index is 12.8. The number of methoxy groups -OCH3 is 1. The summed E-state index contributed by atoms with van der Waals surface area (Å²) >= 11 is 0. The van der Waals surface area contributed by atoms with Crippen LogP contribution in [0.15, 0.2) is 48.5 Å². The van der Waals surface area contributed by atoms with E-state index in [4.69, 9.17) is 8.92 Å². The van der Waals surface area contributed by atoms with Crippen molar-refractivity contribution in [2.45, 2.75) is 26.4 Å². The smallest absolute Gasteiger partial charge is 0.322 e. The molecule has 2 aromatic rings. The molecule has 0 saturated heterocycles. The highest BCUT2D eigenvalue weighted by Crippen LogP contribution is 2.24. The zero-order valence-corrected chi connectivity index (χ0v) is 16.6. The van der Waals surface area contributed by atoms with Gasteiger partial charge in [-0.1, -0.05) is 24.3 Å². The lowest BCUT2D eigenvalue weighted by atomic mass is 10.2. The first-order valence-corrected chi connectivity index (χ1v) is 10.2. The SMILES string of the molecule is COc1ccccc1NC(=O)N(Cc1cccc(OS(C)(=O)=O)c1)C(C)C. The molecule has 8 heteroatoms. The maximum Gasteiger partial charge on any atom is 0.322 e. The Balaban J connectivity index is 2.18. The molecule has 2 aromatic carbocycles. The average Bonchev–Trinajstić information content (AvgIpc) is 2.58. The van der Waals surface area contributed by atoms with Crippen LogP contribution in [0.3, 0.4) is 0 Å². The van der Waals surface area contributed by atoms with Gasteiger partial charge in [-0.3, -0.25) is 0 Å². The van der Waals surface area contributed by atoms with Crippen LogP contribution in [0, 0.1) is 0 Å². The topological polar surface area (TPSA) is 84.9 Å². The van der Waals surface area contributed by atoms with E-state index in [1.165, 1.54) is 0 Å². The molecule has 0 fully saturated rings. The lowest BCUT2D eigenvalue weighted by Crippen LogP contribution is -2.39. The second kappa shape index (κ2) is 8.77. The van der Waals surface area contributed by atoms with Crippen molar-refractivity contribution in [3.05, 3.63) is 54.1 Å². The third-order valence-electron chi connectivity index (χ3n) is 3.73. The van der Waals surface area contributed by atoms with Gasteiger partial charge in [-0.2, -0.15) is 8.42 Å². The van der Waals surface area contributed by atoms with E-state index in [-0.39, 0.29) is 17.8 Å². The van der Waals surface area contributed by atoms with Crippen LogP contribution in [-0.2, 0) is 16.7 Å². The number of ether oxygens (including phenoxy) is 1. The zero-order chi connectivity index (χ0) is 20.0. The Morgan fingerprint density at radius 3 is 2.48 bits per heavy atom. The number of carbonyl (C=O) groups is 1. The summed E-state index contributed by atoms with van der Waals surface area (Å²) in [5.74, 6) is 0.780. The highest BCUT2D eigenvalue weighted by molar-refractivity contribution is 7.86. The number of urea groups is 1. The fourth-order valence-electron chi connectivity index (χ4n) is 2.49. The van der Waals surface area contributed by atoms with E-state index in [0.29, 0.717) is 18.0 Å². The third kappa shape index (κ3) is 6.18. The molecule has 0 bridgehead atoms. The van der Waals surface area contributed by atoms with Crippen molar-refractivity contribution in [3.63, 3.8) is 0 Å². The van der Waals surface area contributed by atoms with Gasteiger partial charge < -0.3 is 19.1 Å². The van der Waals surface area contributed by atoms with Crippen molar-refractivity contribution in [1.29, 1.82) is 0 Å². The minimum atomic E-state index is -3.61. The number of carbonyl (C=O) groups excluding carboxylic acids is 1. The molecular formula is C19H24N2O5S. The number of hydrogen-bond acceptors (Lipinski definition) is 5. The van der Waals surface area contributed by atoms with E-state index < -0.39 is 10.1 Å². The second-order valence-corrected chi connectivity index (χ2v) is 7.86. The van der Waals surface area contributed by atoms with Crippen LogP contribution < -0.4 is 14.2 Å². The maximum absolute atomic E-state index is 12.8. The first kappa shape index (κ1) is 20.6. The van der Waals surface area contributed by atoms with Gasteiger partial charge in [0.1, 0.15) is 11.5 Å². The fourth-order valence-corrected chi connectivity index (χ4v) is 2.94. The number of anilines is 1. The number of rotatable bonds is 7. The monoisotopic (exact) mass is 392 g/mol. The van der Waals surface area contributed by atoms with Gasteiger partial charge in [0.25, 0.3) is 0 Å².